The zero-order chi connectivity index (χ0) is 22.0. The number of nitrogens with zero attached hydrogens (tertiary/aromatic N) is 1. The maximum absolute atomic E-state index is 12.7. The van der Waals surface area contributed by atoms with E-state index in [1.165, 1.54) is 0 Å². The largest absolute Gasteiger partial charge is 0.456 e. The fourth-order valence-electron chi connectivity index (χ4n) is 3.29. The van der Waals surface area contributed by atoms with Gasteiger partial charge in [-0.3, -0.25) is 9.59 Å². The van der Waals surface area contributed by atoms with Crippen molar-refractivity contribution in [2.45, 2.75) is 6.42 Å². The summed E-state index contributed by atoms with van der Waals surface area (Å²) in [7, 11) is 0. The molecule has 2 amide bonds. The van der Waals surface area contributed by atoms with Gasteiger partial charge in [0.25, 0.3) is 0 Å². The molecule has 0 unspecified atom stereocenters. The van der Waals surface area contributed by atoms with Gasteiger partial charge in [-0.05, 0) is 66.7 Å². The topological polar surface area (TPSA) is 58.6 Å². The van der Waals surface area contributed by atoms with Crippen LogP contribution in [0, 0.1) is 5.92 Å². The molecule has 1 N–H and O–H groups in total. The number of hydrogen-bond donors (Lipinski definition) is 1. The van der Waals surface area contributed by atoms with E-state index < -0.39 is 5.92 Å². The Bertz CT molecular complexity index is 1120. The molecule has 1 fully saturated rings. The number of nitrogens with one attached hydrogen (secondary N) is 1. The van der Waals surface area contributed by atoms with E-state index in [1.807, 2.05) is 0 Å². The molecule has 158 valence electrons. The molecule has 1 aliphatic rings. The van der Waals surface area contributed by atoms with E-state index in [1.54, 1.807) is 71.6 Å². The number of carbonyl (C=O) groups is 2. The van der Waals surface area contributed by atoms with Crippen LogP contribution in [0.15, 0.2) is 66.7 Å². The second-order valence-electron chi connectivity index (χ2n) is 7.07. The Morgan fingerprint density at radius 1 is 0.935 bits per heavy atom. The predicted molar refractivity (Wildman–Crippen MR) is 124 cm³/mol. The van der Waals surface area contributed by atoms with Gasteiger partial charge in [-0.2, -0.15) is 0 Å². The quantitative estimate of drug-likeness (QED) is 0.462. The van der Waals surface area contributed by atoms with E-state index in [4.69, 9.17) is 39.5 Å². The lowest BCUT2D eigenvalue weighted by atomic mass is 10.1. The smallest absolute Gasteiger partial charge is 0.229 e. The van der Waals surface area contributed by atoms with Crippen LogP contribution in [0.5, 0.6) is 11.5 Å². The summed E-state index contributed by atoms with van der Waals surface area (Å²) in [5.41, 5.74) is 1.34. The summed E-state index contributed by atoms with van der Waals surface area (Å²) in [6.07, 6.45) is 0.157. The zero-order valence-electron chi connectivity index (χ0n) is 16.1. The van der Waals surface area contributed by atoms with Crippen molar-refractivity contribution in [3.8, 4) is 11.5 Å². The lowest BCUT2D eigenvalue weighted by Gasteiger charge is -2.17. The van der Waals surface area contributed by atoms with Crippen molar-refractivity contribution in [2.24, 2.45) is 5.92 Å². The normalized spacial score (nSPS) is 15.8. The first-order chi connectivity index (χ1) is 14.9. The number of hydrogen-bond acceptors (Lipinski definition) is 3. The third-order valence-corrected chi connectivity index (χ3v) is 5.66. The highest BCUT2D eigenvalue weighted by Crippen LogP contribution is 2.32. The molecule has 1 saturated heterocycles. The van der Waals surface area contributed by atoms with Crippen molar-refractivity contribution < 1.29 is 14.3 Å². The van der Waals surface area contributed by atoms with Gasteiger partial charge >= 0.3 is 0 Å². The van der Waals surface area contributed by atoms with Crippen LogP contribution in [0.3, 0.4) is 0 Å². The molecular weight excluding hydrogens is 459 g/mol. The molecule has 1 aliphatic heterocycles. The standard InChI is InChI=1S/C23H17Cl3N2O3/c24-15-1-6-18(7-2-15)28-13-14(11-22(28)29)23(30)27-17-4-8-19(9-5-17)31-21-10-3-16(25)12-20(21)26/h1-10,12,14H,11,13H2,(H,27,30)/t14-/m0/s1. The van der Waals surface area contributed by atoms with Crippen LogP contribution in [0.4, 0.5) is 11.4 Å². The predicted octanol–water partition coefficient (Wildman–Crippen LogP) is 6.43. The lowest BCUT2D eigenvalue weighted by Crippen LogP contribution is -2.28. The maximum atomic E-state index is 12.7. The number of carbonyl (C=O) groups excluding carboxylic acids is 2. The van der Waals surface area contributed by atoms with Gasteiger partial charge in [0, 0.05) is 34.4 Å². The molecule has 5 nitrogen and oxygen atoms in total. The first kappa shape index (κ1) is 21.5. The minimum absolute atomic E-state index is 0.0916. The third kappa shape index (κ3) is 5.13. The molecule has 0 spiro atoms. The average Bonchev–Trinajstić information content (AvgIpc) is 3.14. The Morgan fingerprint density at radius 2 is 1.61 bits per heavy atom. The first-order valence-corrected chi connectivity index (χ1v) is 10.6. The summed E-state index contributed by atoms with van der Waals surface area (Å²) in [5.74, 6) is 0.305. The molecule has 1 atom stereocenters. The molecule has 0 bridgehead atoms. The summed E-state index contributed by atoms with van der Waals surface area (Å²) in [6, 6.07) is 18.9. The number of halogens is 3. The highest BCUT2D eigenvalue weighted by molar-refractivity contribution is 6.35. The van der Waals surface area contributed by atoms with Crippen LogP contribution in [0.2, 0.25) is 15.1 Å². The van der Waals surface area contributed by atoms with Gasteiger partial charge in [0.05, 0.1) is 10.9 Å². The Balaban J connectivity index is 1.37. The van der Waals surface area contributed by atoms with Crippen LogP contribution >= 0.6 is 34.8 Å². The Labute approximate surface area is 194 Å². The van der Waals surface area contributed by atoms with Crippen molar-refractivity contribution in [1.29, 1.82) is 0 Å². The van der Waals surface area contributed by atoms with Crippen molar-refractivity contribution in [2.75, 3.05) is 16.8 Å². The van der Waals surface area contributed by atoms with Gasteiger partial charge in [-0.25, -0.2) is 0 Å². The summed E-state index contributed by atoms with van der Waals surface area (Å²) in [6.45, 7) is 0.322. The molecule has 4 rings (SSSR count). The van der Waals surface area contributed by atoms with E-state index in [2.05, 4.69) is 5.32 Å². The fourth-order valence-corrected chi connectivity index (χ4v) is 3.86. The number of amides is 2. The summed E-state index contributed by atoms with van der Waals surface area (Å²) in [5, 5.41) is 4.38. The minimum Gasteiger partial charge on any atom is -0.456 e. The van der Waals surface area contributed by atoms with Crippen molar-refractivity contribution in [3.63, 3.8) is 0 Å². The summed E-state index contributed by atoms with van der Waals surface area (Å²) in [4.78, 5) is 26.6. The van der Waals surface area contributed by atoms with Crippen molar-refractivity contribution in [1.82, 2.24) is 0 Å². The van der Waals surface area contributed by atoms with Gasteiger partial charge in [0.15, 0.2) is 0 Å². The van der Waals surface area contributed by atoms with E-state index in [-0.39, 0.29) is 18.2 Å². The molecule has 1 heterocycles. The lowest BCUT2D eigenvalue weighted by molar-refractivity contribution is -0.122. The second-order valence-corrected chi connectivity index (χ2v) is 8.35. The molecule has 0 radical (unpaired) electrons. The van der Waals surface area contributed by atoms with Gasteiger partial charge in [-0.1, -0.05) is 34.8 Å². The average molecular weight is 476 g/mol. The second kappa shape index (κ2) is 9.18. The van der Waals surface area contributed by atoms with E-state index in [0.29, 0.717) is 38.8 Å². The highest BCUT2D eigenvalue weighted by Gasteiger charge is 2.35. The number of ether oxygens (including phenoxy) is 1. The zero-order valence-corrected chi connectivity index (χ0v) is 18.4. The number of rotatable bonds is 5. The van der Waals surface area contributed by atoms with Crippen LogP contribution < -0.4 is 15.0 Å². The van der Waals surface area contributed by atoms with E-state index >= 15 is 0 Å². The molecule has 3 aromatic rings. The van der Waals surface area contributed by atoms with E-state index in [9.17, 15) is 9.59 Å². The maximum Gasteiger partial charge on any atom is 0.229 e. The monoisotopic (exact) mass is 474 g/mol. The number of benzene rings is 3. The van der Waals surface area contributed by atoms with Crippen LogP contribution in [-0.4, -0.2) is 18.4 Å². The van der Waals surface area contributed by atoms with Gasteiger partial charge < -0.3 is 15.0 Å². The van der Waals surface area contributed by atoms with Crippen molar-refractivity contribution in [3.05, 3.63) is 81.8 Å². The molecule has 8 heteroatoms. The highest BCUT2D eigenvalue weighted by atomic mass is 35.5. The van der Waals surface area contributed by atoms with Gasteiger partial charge in [0.2, 0.25) is 11.8 Å². The Hall–Kier alpha value is -2.73. The third-order valence-electron chi connectivity index (χ3n) is 4.88. The molecular formula is C23H17Cl3N2O3. The summed E-state index contributed by atoms with van der Waals surface area (Å²) >= 11 is 17.9. The SMILES string of the molecule is O=C(Nc1ccc(Oc2ccc(Cl)cc2Cl)cc1)[C@H]1CC(=O)N(c2ccc(Cl)cc2)C1. The molecule has 0 aromatic heterocycles. The number of anilines is 2. The summed E-state index contributed by atoms with van der Waals surface area (Å²) < 4.78 is 5.75. The first-order valence-electron chi connectivity index (χ1n) is 9.49. The van der Waals surface area contributed by atoms with Crippen LogP contribution in [0.25, 0.3) is 0 Å². The molecule has 31 heavy (non-hydrogen) atoms. The molecule has 3 aromatic carbocycles. The van der Waals surface area contributed by atoms with Gasteiger partial charge in [-0.15, -0.1) is 0 Å². The molecule has 0 saturated carbocycles. The van der Waals surface area contributed by atoms with Crippen molar-refractivity contribution >= 4 is 58.0 Å². The van der Waals surface area contributed by atoms with Crippen LogP contribution in [-0.2, 0) is 9.59 Å². The molecule has 0 aliphatic carbocycles. The minimum atomic E-state index is -0.438. The van der Waals surface area contributed by atoms with E-state index in [0.717, 1.165) is 5.69 Å². The Kier molecular flexibility index (Phi) is 6.37. The van der Waals surface area contributed by atoms with Crippen LogP contribution in [0.1, 0.15) is 6.42 Å². The fraction of sp³-hybridized carbons (Fsp3) is 0.130. The Morgan fingerprint density at radius 3 is 2.29 bits per heavy atom. The van der Waals surface area contributed by atoms with Gasteiger partial charge in [0.1, 0.15) is 11.5 Å².